The van der Waals surface area contributed by atoms with E-state index in [1.54, 1.807) is 11.3 Å². The molecule has 0 amide bonds. The fraction of sp³-hybridized carbons (Fsp3) is 0.625. The lowest BCUT2D eigenvalue weighted by molar-refractivity contribution is 0.107. The lowest BCUT2D eigenvalue weighted by Crippen LogP contribution is -2.41. The Labute approximate surface area is 120 Å². The van der Waals surface area contributed by atoms with Crippen LogP contribution in [-0.2, 0) is 6.54 Å². The smallest absolute Gasteiger partial charge is 0.0540 e. The second-order valence-corrected chi connectivity index (χ2v) is 6.36. The van der Waals surface area contributed by atoms with E-state index in [0.29, 0.717) is 12.5 Å². The highest BCUT2D eigenvalue weighted by Crippen LogP contribution is 2.27. The molecule has 2 nitrogen and oxygen atoms in total. The molecule has 0 radical (unpaired) electrons. The molecular weight excluding hydrogens is 254 g/mol. The number of nitrogens with zero attached hydrogens (tertiary/aromatic N) is 1. The molecule has 0 spiro atoms. The van der Waals surface area contributed by atoms with E-state index in [0.717, 1.165) is 18.0 Å². The molecule has 1 aliphatic rings. The molecule has 0 aromatic carbocycles. The summed E-state index contributed by atoms with van der Waals surface area (Å²) in [6.45, 7) is 7.06. The van der Waals surface area contributed by atoms with Gasteiger partial charge in [-0.15, -0.1) is 11.3 Å². The summed E-state index contributed by atoms with van der Waals surface area (Å²) in [5.74, 6) is 7.00. The van der Waals surface area contributed by atoms with Crippen molar-refractivity contribution in [1.29, 1.82) is 0 Å². The van der Waals surface area contributed by atoms with Crippen molar-refractivity contribution >= 4 is 11.3 Å². The van der Waals surface area contributed by atoms with Crippen LogP contribution in [-0.4, -0.2) is 29.2 Å². The molecule has 3 heteroatoms. The van der Waals surface area contributed by atoms with Crippen molar-refractivity contribution in [3.8, 4) is 11.8 Å². The Hall–Kier alpha value is -0.820. The third kappa shape index (κ3) is 3.82. The van der Waals surface area contributed by atoms with Gasteiger partial charge in [0.25, 0.3) is 0 Å². The lowest BCUT2D eigenvalue weighted by atomic mass is 9.92. The van der Waals surface area contributed by atoms with E-state index in [-0.39, 0.29) is 6.61 Å². The Morgan fingerprint density at radius 2 is 2.32 bits per heavy atom. The standard InChI is InChI=1S/C16H23NOS/c1-13-6-5-9-17(14(13)2)12-16-15(8-11-19-16)7-3-4-10-18/h8,11,13-14,18H,4-6,9-10,12H2,1-2H3. The van der Waals surface area contributed by atoms with Crippen molar-refractivity contribution in [1.82, 2.24) is 4.90 Å². The molecule has 1 N–H and O–H groups in total. The van der Waals surface area contributed by atoms with Gasteiger partial charge >= 0.3 is 0 Å². The summed E-state index contributed by atoms with van der Waals surface area (Å²) in [7, 11) is 0. The Morgan fingerprint density at radius 3 is 3.11 bits per heavy atom. The summed E-state index contributed by atoms with van der Waals surface area (Å²) in [5, 5.41) is 10.9. The number of hydrogen-bond donors (Lipinski definition) is 1. The zero-order valence-corrected chi connectivity index (χ0v) is 12.7. The fourth-order valence-electron chi connectivity index (χ4n) is 2.62. The van der Waals surface area contributed by atoms with E-state index in [2.05, 4.69) is 42.0 Å². The maximum absolute atomic E-state index is 8.78. The Kier molecular flexibility index (Phi) is 5.45. The van der Waals surface area contributed by atoms with Gasteiger partial charge in [0.1, 0.15) is 0 Å². The minimum atomic E-state index is 0.146. The van der Waals surface area contributed by atoms with Gasteiger partial charge in [-0.05, 0) is 43.7 Å². The number of thiophene rings is 1. The van der Waals surface area contributed by atoms with E-state index in [4.69, 9.17) is 5.11 Å². The minimum Gasteiger partial charge on any atom is -0.395 e. The SMILES string of the molecule is CC1CCCN(Cc2sccc2C#CCCO)C1C. The topological polar surface area (TPSA) is 23.5 Å². The fourth-order valence-corrected chi connectivity index (χ4v) is 3.47. The predicted octanol–water partition coefficient (Wildman–Crippen LogP) is 3.10. The van der Waals surface area contributed by atoms with Crippen LogP contribution in [0.3, 0.4) is 0 Å². The first-order valence-electron chi connectivity index (χ1n) is 7.12. The van der Waals surface area contributed by atoms with Crippen molar-refractivity contribution in [3.63, 3.8) is 0 Å². The molecule has 104 valence electrons. The average molecular weight is 277 g/mol. The van der Waals surface area contributed by atoms with E-state index in [1.165, 1.54) is 24.3 Å². The molecule has 2 heterocycles. The number of piperidine rings is 1. The molecule has 1 fully saturated rings. The van der Waals surface area contributed by atoms with Gasteiger partial charge in [-0.2, -0.15) is 0 Å². The van der Waals surface area contributed by atoms with Gasteiger partial charge < -0.3 is 5.11 Å². The first kappa shape index (κ1) is 14.6. The molecule has 0 saturated carbocycles. The first-order valence-corrected chi connectivity index (χ1v) is 8.00. The zero-order valence-electron chi connectivity index (χ0n) is 11.9. The molecule has 2 atom stereocenters. The summed E-state index contributed by atoms with van der Waals surface area (Å²) >= 11 is 1.80. The van der Waals surface area contributed by atoms with Crippen molar-refractivity contribution in [2.75, 3.05) is 13.2 Å². The van der Waals surface area contributed by atoms with E-state index < -0.39 is 0 Å². The van der Waals surface area contributed by atoms with Gasteiger partial charge in [0.05, 0.1) is 6.61 Å². The second-order valence-electron chi connectivity index (χ2n) is 5.36. The Bertz CT molecular complexity index is 457. The Morgan fingerprint density at radius 1 is 1.47 bits per heavy atom. The summed E-state index contributed by atoms with van der Waals surface area (Å²) in [4.78, 5) is 3.95. The highest BCUT2D eigenvalue weighted by Gasteiger charge is 2.25. The van der Waals surface area contributed by atoms with Gasteiger partial charge in [0.15, 0.2) is 0 Å². The molecule has 19 heavy (non-hydrogen) atoms. The molecule has 1 aromatic rings. The molecular formula is C16H23NOS. The largest absolute Gasteiger partial charge is 0.395 e. The van der Waals surface area contributed by atoms with Crippen molar-refractivity contribution < 1.29 is 5.11 Å². The molecule has 1 saturated heterocycles. The summed E-state index contributed by atoms with van der Waals surface area (Å²) in [6, 6.07) is 2.76. The predicted molar refractivity (Wildman–Crippen MR) is 81.2 cm³/mol. The van der Waals surface area contributed by atoms with Crippen LogP contribution in [0.5, 0.6) is 0 Å². The number of aliphatic hydroxyl groups excluding tert-OH is 1. The highest BCUT2D eigenvalue weighted by atomic mass is 32.1. The first-order chi connectivity index (χ1) is 9.22. The summed E-state index contributed by atoms with van der Waals surface area (Å²) in [6.07, 6.45) is 3.22. The van der Waals surface area contributed by atoms with Crippen LogP contribution in [0.15, 0.2) is 11.4 Å². The van der Waals surface area contributed by atoms with Crippen molar-refractivity contribution in [2.24, 2.45) is 5.92 Å². The van der Waals surface area contributed by atoms with Crippen LogP contribution >= 0.6 is 11.3 Å². The van der Waals surface area contributed by atoms with E-state index in [1.807, 2.05) is 0 Å². The van der Waals surface area contributed by atoms with Crippen LogP contribution in [0.25, 0.3) is 0 Å². The molecule has 1 aromatic heterocycles. The Balaban J connectivity index is 2.03. The molecule has 1 aliphatic heterocycles. The minimum absolute atomic E-state index is 0.146. The lowest BCUT2D eigenvalue weighted by Gasteiger charge is -2.37. The van der Waals surface area contributed by atoms with E-state index in [9.17, 15) is 0 Å². The molecule has 0 bridgehead atoms. The number of likely N-dealkylation sites (tertiary alicyclic amines) is 1. The van der Waals surface area contributed by atoms with Crippen LogP contribution in [0.4, 0.5) is 0 Å². The van der Waals surface area contributed by atoms with Gasteiger partial charge in [0, 0.05) is 29.4 Å². The molecule has 2 rings (SSSR count). The highest BCUT2D eigenvalue weighted by molar-refractivity contribution is 7.10. The average Bonchev–Trinajstić information content (AvgIpc) is 2.83. The van der Waals surface area contributed by atoms with Crippen LogP contribution in [0.2, 0.25) is 0 Å². The third-order valence-electron chi connectivity index (χ3n) is 4.06. The third-order valence-corrected chi connectivity index (χ3v) is 4.96. The number of rotatable bonds is 3. The number of hydrogen-bond acceptors (Lipinski definition) is 3. The monoisotopic (exact) mass is 277 g/mol. The normalized spacial score (nSPS) is 23.9. The quantitative estimate of drug-likeness (QED) is 0.858. The summed E-state index contributed by atoms with van der Waals surface area (Å²) in [5.41, 5.74) is 1.14. The van der Waals surface area contributed by atoms with Gasteiger partial charge in [-0.1, -0.05) is 18.8 Å². The van der Waals surface area contributed by atoms with Crippen LogP contribution < -0.4 is 0 Å². The van der Waals surface area contributed by atoms with Crippen molar-refractivity contribution in [2.45, 2.75) is 45.7 Å². The van der Waals surface area contributed by atoms with Gasteiger partial charge in [0.2, 0.25) is 0 Å². The molecule has 2 unspecified atom stereocenters. The van der Waals surface area contributed by atoms with Crippen molar-refractivity contribution in [3.05, 3.63) is 21.9 Å². The second kappa shape index (κ2) is 7.09. The molecule has 0 aliphatic carbocycles. The van der Waals surface area contributed by atoms with E-state index >= 15 is 0 Å². The maximum atomic E-state index is 8.78. The zero-order chi connectivity index (χ0) is 13.7. The maximum Gasteiger partial charge on any atom is 0.0540 e. The van der Waals surface area contributed by atoms with Gasteiger partial charge in [-0.3, -0.25) is 4.90 Å². The van der Waals surface area contributed by atoms with Crippen LogP contribution in [0, 0.1) is 17.8 Å². The number of aliphatic hydroxyl groups is 1. The van der Waals surface area contributed by atoms with Gasteiger partial charge in [-0.25, -0.2) is 0 Å². The summed E-state index contributed by atoms with van der Waals surface area (Å²) < 4.78 is 0. The van der Waals surface area contributed by atoms with Crippen LogP contribution in [0.1, 0.15) is 43.6 Å².